The van der Waals surface area contributed by atoms with Crippen LogP contribution in [0, 0.1) is 13.8 Å². The van der Waals surface area contributed by atoms with Gasteiger partial charge in [-0.25, -0.2) is 0 Å². The maximum Gasteiger partial charge on any atom is 0.206 e. The van der Waals surface area contributed by atoms with Gasteiger partial charge in [-0.2, -0.15) is 0 Å². The van der Waals surface area contributed by atoms with Crippen LogP contribution in [0.2, 0.25) is 0 Å². The van der Waals surface area contributed by atoms with Crippen molar-refractivity contribution in [2.75, 3.05) is 0 Å². The Morgan fingerprint density at radius 1 is 1.16 bits per heavy atom. The van der Waals surface area contributed by atoms with Crippen LogP contribution >= 0.6 is 11.5 Å². The Hall–Kier alpha value is -1.55. The van der Waals surface area contributed by atoms with E-state index in [2.05, 4.69) is 9.59 Å². The Morgan fingerprint density at radius 2 is 1.84 bits per heavy atom. The van der Waals surface area contributed by atoms with Crippen LogP contribution in [0.3, 0.4) is 0 Å². The van der Waals surface area contributed by atoms with Gasteiger partial charge in [-0.15, -0.1) is 5.10 Å². The summed E-state index contributed by atoms with van der Waals surface area (Å²) in [5, 5.41) is 4.12. The first-order valence-corrected chi connectivity index (χ1v) is 7.03. The first-order valence-electron chi connectivity index (χ1n) is 6.25. The van der Waals surface area contributed by atoms with Crippen LogP contribution in [0.4, 0.5) is 0 Å². The molecule has 0 N–H and O–H groups in total. The van der Waals surface area contributed by atoms with Crippen LogP contribution in [0.25, 0.3) is 0 Å². The number of hydrogen-bond acceptors (Lipinski definition) is 4. The second kappa shape index (κ2) is 4.85. The topological polar surface area (TPSA) is 42.9 Å². The number of rotatable bonds is 2. The molecular formula is C15H18N2OS. The molecule has 0 spiro atoms. The van der Waals surface area contributed by atoms with Gasteiger partial charge in [0.25, 0.3) is 0 Å². The van der Waals surface area contributed by atoms with Crippen LogP contribution < -0.4 is 0 Å². The molecule has 0 aliphatic carbocycles. The predicted molar refractivity (Wildman–Crippen MR) is 78.0 cm³/mol. The highest BCUT2D eigenvalue weighted by atomic mass is 32.1. The molecule has 3 nitrogen and oxygen atoms in total. The number of aryl methyl sites for hydroxylation is 2. The molecule has 0 aliphatic rings. The molecule has 0 atom stereocenters. The zero-order valence-electron chi connectivity index (χ0n) is 11.9. The summed E-state index contributed by atoms with van der Waals surface area (Å²) in [6.45, 7) is 10.2. The molecule has 0 aliphatic heterocycles. The lowest BCUT2D eigenvalue weighted by Crippen LogP contribution is -2.16. The van der Waals surface area contributed by atoms with Crippen LogP contribution in [0.5, 0.6) is 0 Å². The Kier molecular flexibility index (Phi) is 3.54. The number of hydrogen-bond donors (Lipinski definition) is 0. The van der Waals surface area contributed by atoms with Gasteiger partial charge in [0.05, 0.1) is 5.69 Å². The molecule has 2 aromatic rings. The molecule has 1 heterocycles. The van der Waals surface area contributed by atoms with E-state index in [1.807, 2.05) is 52.8 Å². The van der Waals surface area contributed by atoms with Gasteiger partial charge in [0.2, 0.25) is 5.78 Å². The van der Waals surface area contributed by atoms with Crippen molar-refractivity contribution in [2.45, 2.75) is 40.0 Å². The second-order valence-corrected chi connectivity index (χ2v) is 6.58. The molecule has 0 amide bonds. The summed E-state index contributed by atoms with van der Waals surface area (Å²) in [6.07, 6.45) is 0. The van der Waals surface area contributed by atoms with E-state index >= 15 is 0 Å². The van der Waals surface area contributed by atoms with Crippen molar-refractivity contribution in [3.05, 3.63) is 45.5 Å². The van der Waals surface area contributed by atoms with E-state index in [0.717, 1.165) is 11.3 Å². The Morgan fingerprint density at radius 3 is 2.42 bits per heavy atom. The molecule has 0 unspecified atom stereocenters. The maximum atomic E-state index is 12.6. The van der Waals surface area contributed by atoms with Crippen molar-refractivity contribution in [1.29, 1.82) is 0 Å². The second-order valence-electron chi connectivity index (χ2n) is 5.83. The van der Waals surface area contributed by atoms with Gasteiger partial charge in [-0.1, -0.05) is 37.4 Å². The van der Waals surface area contributed by atoms with Gasteiger partial charge in [-0.3, -0.25) is 4.79 Å². The quantitative estimate of drug-likeness (QED) is 0.784. The van der Waals surface area contributed by atoms with E-state index < -0.39 is 0 Å². The monoisotopic (exact) mass is 274 g/mol. The van der Waals surface area contributed by atoms with Crippen molar-refractivity contribution >= 4 is 17.3 Å². The molecule has 1 aromatic carbocycles. The van der Waals surface area contributed by atoms with Crippen molar-refractivity contribution in [1.82, 2.24) is 9.59 Å². The Bertz CT molecular complexity index is 623. The van der Waals surface area contributed by atoms with Crippen LogP contribution in [-0.2, 0) is 5.41 Å². The third-order valence-corrected chi connectivity index (χ3v) is 3.90. The largest absolute Gasteiger partial charge is 0.288 e. The van der Waals surface area contributed by atoms with Gasteiger partial charge in [0, 0.05) is 11.0 Å². The highest BCUT2D eigenvalue weighted by Gasteiger charge is 2.26. The smallest absolute Gasteiger partial charge is 0.206 e. The first-order chi connectivity index (χ1) is 8.80. The summed E-state index contributed by atoms with van der Waals surface area (Å²) in [7, 11) is 0. The molecule has 4 heteroatoms. The fourth-order valence-corrected chi connectivity index (χ4v) is 2.68. The van der Waals surface area contributed by atoms with Crippen LogP contribution in [0.1, 0.15) is 52.8 Å². The molecule has 19 heavy (non-hydrogen) atoms. The standard InChI is InChI=1S/C15H18N2OS/c1-9-6-7-11(8-10(9)2)12(18)13-14(15(3,4)5)16-17-19-13/h6-8H,1-5H3. The molecule has 0 radical (unpaired) electrons. The minimum absolute atomic E-state index is 0.0167. The van der Waals surface area contributed by atoms with Gasteiger partial charge >= 0.3 is 0 Å². The van der Waals surface area contributed by atoms with E-state index in [1.165, 1.54) is 17.1 Å². The summed E-state index contributed by atoms with van der Waals surface area (Å²) < 4.78 is 3.95. The zero-order valence-corrected chi connectivity index (χ0v) is 12.8. The lowest BCUT2D eigenvalue weighted by Gasteiger charge is -2.16. The third kappa shape index (κ3) is 2.73. The lowest BCUT2D eigenvalue weighted by atomic mass is 9.89. The molecular weight excluding hydrogens is 256 g/mol. The number of carbonyl (C=O) groups is 1. The number of ketones is 1. The Labute approximate surface area is 117 Å². The first kappa shape index (κ1) is 13.9. The number of benzene rings is 1. The van der Waals surface area contributed by atoms with Crippen molar-refractivity contribution in [2.24, 2.45) is 0 Å². The molecule has 2 rings (SSSR count). The molecule has 0 bridgehead atoms. The number of nitrogens with zero attached hydrogens (tertiary/aromatic N) is 2. The number of aromatic nitrogens is 2. The predicted octanol–water partition coefficient (Wildman–Crippen LogP) is 3.68. The van der Waals surface area contributed by atoms with Crippen LogP contribution in [-0.4, -0.2) is 15.4 Å². The number of carbonyl (C=O) groups excluding carboxylic acids is 1. The molecule has 0 saturated carbocycles. The van der Waals surface area contributed by atoms with Gasteiger partial charge in [0.15, 0.2) is 0 Å². The summed E-state index contributed by atoms with van der Waals surface area (Å²) in [6, 6.07) is 5.79. The average molecular weight is 274 g/mol. The Balaban J connectivity index is 2.45. The van der Waals surface area contributed by atoms with E-state index in [-0.39, 0.29) is 11.2 Å². The van der Waals surface area contributed by atoms with E-state index in [9.17, 15) is 4.79 Å². The van der Waals surface area contributed by atoms with Crippen molar-refractivity contribution < 1.29 is 4.79 Å². The molecule has 0 saturated heterocycles. The van der Waals surface area contributed by atoms with Gasteiger partial charge in [-0.05, 0) is 42.6 Å². The fourth-order valence-electron chi connectivity index (χ4n) is 1.84. The maximum absolute atomic E-state index is 12.6. The van der Waals surface area contributed by atoms with Gasteiger partial charge < -0.3 is 0 Å². The average Bonchev–Trinajstić information content (AvgIpc) is 2.80. The van der Waals surface area contributed by atoms with Gasteiger partial charge in [0.1, 0.15) is 4.88 Å². The molecule has 0 fully saturated rings. The van der Waals surface area contributed by atoms with E-state index in [1.54, 1.807) is 0 Å². The fraction of sp³-hybridized carbons (Fsp3) is 0.400. The summed E-state index contributed by atoms with van der Waals surface area (Å²) >= 11 is 1.18. The summed E-state index contributed by atoms with van der Waals surface area (Å²) in [4.78, 5) is 13.2. The molecule has 1 aromatic heterocycles. The van der Waals surface area contributed by atoms with Crippen molar-refractivity contribution in [3.8, 4) is 0 Å². The minimum Gasteiger partial charge on any atom is -0.288 e. The summed E-state index contributed by atoms with van der Waals surface area (Å²) in [5.41, 5.74) is 3.63. The molecule has 100 valence electrons. The highest BCUT2D eigenvalue weighted by molar-refractivity contribution is 7.08. The highest BCUT2D eigenvalue weighted by Crippen LogP contribution is 2.28. The lowest BCUT2D eigenvalue weighted by molar-refractivity contribution is 0.104. The SMILES string of the molecule is Cc1ccc(C(=O)c2snnc2C(C)(C)C)cc1C. The minimum atomic E-state index is -0.169. The van der Waals surface area contributed by atoms with E-state index in [0.29, 0.717) is 10.4 Å². The summed E-state index contributed by atoms with van der Waals surface area (Å²) in [5.74, 6) is 0.0167. The van der Waals surface area contributed by atoms with E-state index in [4.69, 9.17) is 0 Å². The zero-order chi connectivity index (χ0) is 14.2. The van der Waals surface area contributed by atoms with Crippen LogP contribution in [0.15, 0.2) is 18.2 Å². The third-order valence-electron chi connectivity index (χ3n) is 3.17. The van der Waals surface area contributed by atoms with Crippen molar-refractivity contribution in [3.63, 3.8) is 0 Å². The normalized spacial score (nSPS) is 11.6.